The zero-order valence-corrected chi connectivity index (χ0v) is 19.5. The van der Waals surface area contributed by atoms with E-state index in [4.69, 9.17) is 16.3 Å². The average Bonchev–Trinajstić information content (AvgIpc) is 3.42. The molecule has 0 atom stereocenters. The Balaban J connectivity index is 1.49. The summed E-state index contributed by atoms with van der Waals surface area (Å²) in [5.41, 5.74) is 4.85. The number of nitrogens with zero attached hydrogens (tertiary/aromatic N) is 3. The number of fused-ring (bicyclic) bond motifs is 3. The van der Waals surface area contributed by atoms with Crippen LogP contribution in [0.3, 0.4) is 0 Å². The molecule has 0 spiro atoms. The van der Waals surface area contributed by atoms with Gasteiger partial charge in [0.2, 0.25) is 0 Å². The molecule has 5 aromatic carbocycles. The molecule has 0 aliphatic carbocycles. The normalized spacial score (nSPS) is 13.1. The number of furan rings is 1. The minimum atomic E-state index is -0.474. The standard InChI is InChI=1S/C33H21N3O/c1-4-11-22(12-5-1)26-17-10-18-29-30(26)27-21-25(19-20-28(27)37-29)33-35-31(23-13-6-2-7-14-23)34-32(36-33)24-15-8-3-9-16-24/h1-21H/i2D,6D,7D,13D,14D. The van der Waals surface area contributed by atoms with Gasteiger partial charge in [0.15, 0.2) is 17.5 Å². The molecule has 0 N–H and O–H groups in total. The molecule has 0 saturated carbocycles. The zero-order chi connectivity index (χ0) is 29.0. The van der Waals surface area contributed by atoms with Gasteiger partial charge in [-0.15, -0.1) is 0 Å². The lowest BCUT2D eigenvalue weighted by Gasteiger charge is -2.08. The van der Waals surface area contributed by atoms with Crippen molar-refractivity contribution in [1.29, 1.82) is 0 Å². The topological polar surface area (TPSA) is 51.8 Å². The summed E-state index contributed by atoms with van der Waals surface area (Å²) < 4.78 is 47.6. The molecule has 4 heteroatoms. The molecule has 0 amide bonds. The number of hydrogen-bond donors (Lipinski definition) is 0. The Morgan fingerprint density at radius 2 is 1.16 bits per heavy atom. The Hall–Kier alpha value is -5.09. The zero-order valence-electron chi connectivity index (χ0n) is 24.5. The van der Waals surface area contributed by atoms with Crippen LogP contribution in [-0.2, 0) is 0 Å². The molecule has 37 heavy (non-hydrogen) atoms. The van der Waals surface area contributed by atoms with E-state index in [-0.39, 0.29) is 23.5 Å². The Morgan fingerprint density at radius 3 is 1.89 bits per heavy atom. The summed E-state index contributed by atoms with van der Waals surface area (Å²) in [6, 6.07) is 28.9. The lowest BCUT2D eigenvalue weighted by Crippen LogP contribution is -2.00. The van der Waals surface area contributed by atoms with Crippen LogP contribution in [0.25, 0.3) is 67.2 Å². The third-order valence-corrected chi connectivity index (χ3v) is 6.23. The Morgan fingerprint density at radius 1 is 0.514 bits per heavy atom. The molecule has 0 saturated heterocycles. The molecule has 0 fully saturated rings. The molecule has 7 rings (SSSR count). The Labute approximate surface area is 221 Å². The van der Waals surface area contributed by atoms with Crippen LogP contribution in [-0.4, -0.2) is 15.0 Å². The molecule has 0 bridgehead atoms. The smallest absolute Gasteiger partial charge is 0.164 e. The Bertz CT molecular complexity index is 2120. The van der Waals surface area contributed by atoms with E-state index in [0.717, 1.165) is 27.5 Å². The first-order valence-electron chi connectivity index (χ1n) is 14.3. The fraction of sp³-hybridized carbons (Fsp3) is 0. The van der Waals surface area contributed by atoms with Crippen molar-refractivity contribution >= 4 is 21.9 Å². The van der Waals surface area contributed by atoms with Crippen LogP contribution < -0.4 is 0 Å². The van der Waals surface area contributed by atoms with E-state index in [9.17, 15) is 0 Å². The van der Waals surface area contributed by atoms with Gasteiger partial charge in [-0.3, -0.25) is 0 Å². The number of aromatic nitrogens is 3. The van der Waals surface area contributed by atoms with Gasteiger partial charge in [-0.1, -0.05) is 103 Å². The van der Waals surface area contributed by atoms with Crippen molar-refractivity contribution in [3.05, 3.63) is 127 Å². The first-order chi connectivity index (χ1) is 20.4. The highest BCUT2D eigenvalue weighted by Gasteiger charge is 2.16. The number of rotatable bonds is 4. The highest BCUT2D eigenvalue weighted by Crippen LogP contribution is 2.38. The quantitative estimate of drug-likeness (QED) is 0.254. The molecule has 0 radical (unpaired) electrons. The maximum atomic E-state index is 8.52. The van der Waals surface area contributed by atoms with E-state index in [1.54, 1.807) is 0 Å². The van der Waals surface area contributed by atoms with Gasteiger partial charge in [0.25, 0.3) is 0 Å². The minimum absolute atomic E-state index is 0.00187. The van der Waals surface area contributed by atoms with Crippen LogP contribution in [0.2, 0.25) is 0 Å². The number of hydrogen-bond acceptors (Lipinski definition) is 4. The summed E-state index contributed by atoms with van der Waals surface area (Å²) in [7, 11) is 0. The van der Waals surface area contributed by atoms with Crippen LogP contribution in [0.15, 0.2) is 132 Å². The lowest BCUT2D eigenvalue weighted by atomic mass is 9.99. The monoisotopic (exact) mass is 480 g/mol. The molecular weight excluding hydrogens is 454 g/mol. The van der Waals surface area contributed by atoms with Crippen molar-refractivity contribution in [3.8, 4) is 45.3 Å². The van der Waals surface area contributed by atoms with Crippen LogP contribution in [0.1, 0.15) is 6.85 Å². The van der Waals surface area contributed by atoms with E-state index < -0.39 is 18.1 Å². The molecule has 0 aliphatic rings. The van der Waals surface area contributed by atoms with Crippen LogP contribution in [0.5, 0.6) is 0 Å². The van der Waals surface area contributed by atoms with Gasteiger partial charge < -0.3 is 4.42 Å². The summed E-state index contributed by atoms with van der Waals surface area (Å²) in [4.78, 5) is 14.0. The molecule has 2 heterocycles. The molecule has 4 nitrogen and oxygen atoms in total. The van der Waals surface area contributed by atoms with Gasteiger partial charge in [-0.05, 0) is 35.4 Å². The molecule has 7 aromatic rings. The average molecular weight is 481 g/mol. The minimum Gasteiger partial charge on any atom is -0.456 e. The van der Waals surface area contributed by atoms with Crippen LogP contribution in [0, 0.1) is 0 Å². The third kappa shape index (κ3) is 3.85. The van der Waals surface area contributed by atoms with Gasteiger partial charge in [-0.25, -0.2) is 15.0 Å². The lowest BCUT2D eigenvalue weighted by molar-refractivity contribution is 0.669. The second-order valence-electron chi connectivity index (χ2n) is 8.53. The third-order valence-electron chi connectivity index (χ3n) is 6.23. The van der Waals surface area contributed by atoms with E-state index in [1.165, 1.54) is 0 Å². The first-order valence-corrected chi connectivity index (χ1v) is 11.8. The van der Waals surface area contributed by atoms with Gasteiger partial charge in [0.05, 0.1) is 6.85 Å². The van der Waals surface area contributed by atoms with Crippen LogP contribution in [0.4, 0.5) is 0 Å². The molecule has 0 unspecified atom stereocenters. The maximum absolute atomic E-state index is 8.52. The van der Waals surface area contributed by atoms with E-state index in [2.05, 4.69) is 28.2 Å². The molecule has 0 aliphatic heterocycles. The van der Waals surface area contributed by atoms with Crippen molar-refractivity contribution < 1.29 is 11.3 Å². The molecular formula is C33H21N3O. The molecule has 2 aromatic heterocycles. The predicted octanol–water partition coefficient (Wildman–Crippen LogP) is 8.44. The van der Waals surface area contributed by atoms with Crippen molar-refractivity contribution in [1.82, 2.24) is 15.0 Å². The summed E-state index contributed by atoms with van der Waals surface area (Å²) in [6.07, 6.45) is 0. The van der Waals surface area contributed by atoms with Gasteiger partial charge in [0, 0.05) is 27.5 Å². The van der Waals surface area contributed by atoms with E-state index >= 15 is 0 Å². The van der Waals surface area contributed by atoms with Gasteiger partial charge >= 0.3 is 0 Å². The summed E-state index contributed by atoms with van der Waals surface area (Å²) in [5.74, 6) is 0.626. The number of benzene rings is 5. The SMILES string of the molecule is [2H]c1c([2H])c([2H])c(-c2nc(-c3ccccc3)nc(-c3ccc4oc5cccc(-c6ccccc6)c5c4c3)n2)c([2H])c1[2H]. The van der Waals surface area contributed by atoms with Gasteiger partial charge in [-0.2, -0.15) is 0 Å². The highest BCUT2D eigenvalue weighted by molar-refractivity contribution is 6.13. The Kier molecular flexibility index (Phi) is 3.96. The maximum Gasteiger partial charge on any atom is 0.164 e. The van der Waals surface area contributed by atoms with Gasteiger partial charge in [0.1, 0.15) is 11.2 Å². The van der Waals surface area contributed by atoms with E-state index in [0.29, 0.717) is 28.4 Å². The second kappa shape index (κ2) is 8.85. The second-order valence-corrected chi connectivity index (χ2v) is 8.53. The fourth-order valence-corrected chi connectivity index (χ4v) is 4.52. The largest absolute Gasteiger partial charge is 0.456 e. The summed E-state index contributed by atoms with van der Waals surface area (Å²) >= 11 is 0. The predicted molar refractivity (Wildman–Crippen MR) is 149 cm³/mol. The fourth-order valence-electron chi connectivity index (χ4n) is 4.52. The highest BCUT2D eigenvalue weighted by atomic mass is 16.3. The van der Waals surface area contributed by atoms with Crippen molar-refractivity contribution in [3.63, 3.8) is 0 Å². The van der Waals surface area contributed by atoms with Crippen molar-refractivity contribution in [2.45, 2.75) is 0 Å². The summed E-state index contributed by atoms with van der Waals surface area (Å²) in [5, 5.41) is 1.84. The van der Waals surface area contributed by atoms with E-state index in [1.807, 2.05) is 78.9 Å². The first kappa shape index (κ1) is 16.6. The summed E-state index contributed by atoms with van der Waals surface area (Å²) in [6.45, 7) is 0. The van der Waals surface area contributed by atoms with Crippen LogP contribution >= 0.6 is 0 Å². The van der Waals surface area contributed by atoms with Crippen molar-refractivity contribution in [2.75, 3.05) is 0 Å². The van der Waals surface area contributed by atoms with Crippen molar-refractivity contribution in [2.24, 2.45) is 0 Å². The molecule has 174 valence electrons.